The van der Waals surface area contributed by atoms with Gasteiger partial charge >= 0.3 is 0 Å². The molecule has 0 aromatic heterocycles. The minimum atomic E-state index is 0.434. The molecule has 0 amide bonds. The SMILES string of the molecule is COc1cc(/C=C/C#N)cc(C)c1C(C)C. The van der Waals surface area contributed by atoms with Crippen molar-refractivity contribution in [1.82, 2.24) is 0 Å². The lowest BCUT2D eigenvalue weighted by Gasteiger charge is -2.15. The zero-order valence-electron chi connectivity index (χ0n) is 10.2. The van der Waals surface area contributed by atoms with Crippen molar-refractivity contribution in [2.75, 3.05) is 7.11 Å². The minimum absolute atomic E-state index is 0.434. The number of ether oxygens (including phenoxy) is 1. The summed E-state index contributed by atoms with van der Waals surface area (Å²) in [5, 5.41) is 8.50. The summed E-state index contributed by atoms with van der Waals surface area (Å²) in [5.74, 6) is 1.33. The molecule has 1 aromatic carbocycles. The summed E-state index contributed by atoms with van der Waals surface area (Å²) in [6.45, 7) is 6.37. The monoisotopic (exact) mass is 215 g/mol. The zero-order valence-corrected chi connectivity index (χ0v) is 10.2. The number of rotatable bonds is 3. The Hall–Kier alpha value is -1.75. The third-order valence-corrected chi connectivity index (χ3v) is 2.52. The zero-order chi connectivity index (χ0) is 12.1. The molecule has 0 saturated carbocycles. The van der Waals surface area contributed by atoms with Crippen molar-refractivity contribution in [3.05, 3.63) is 34.9 Å². The van der Waals surface area contributed by atoms with Crippen LogP contribution < -0.4 is 4.74 Å². The molecule has 0 atom stereocenters. The average molecular weight is 215 g/mol. The Morgan fingerprint density at radius 1 is 1.38 bits per heavy atom. The Balaban J connectivity index is 3.27. The number of benzene rings is 1. The largest absolute Gasteiger partial charge is 0.496 e. The van der Waals surface area contributed by atoms with Gasteiger partial charge in [0.05, 0.1) is 13.2 Å². The van der Waals surface area contributed by atoms with Crippen LogP contribution in [0.15, 0.2) is 18.2 Å². The first-order valence-electron chi connectivity index (χ1n) is 5.34. The van der Waals surface area contributed by atoms with Crippen LogP contribution in [0.4, 0.5) is 0 Å². The lowest BCUT2D eigenvalue weighted by Crippen LogP contribution is -1.98. The van der Waals surface area contributed by atoms with Gasteiger partial charge in [0.1, 0.15) is 5.75 Å². The van der Waals surface area contributed by atoms with Crippen molar-refractivity contribution in [3.63, 3.8) is 0 Å². The van der Waals surface area contributed by atoms with Gasteiger partial charge in [-0.3, -0.25) is 0 Å². The fraction of sp³-hybridized carbons (Fsp3) is 0.357. The predicted molar refractivity (Wildman–Crippen MR) is 66.5 cm³/mol. The van der Waals surface area contributed by atoms with E-state index in [0.29, 0.717) is 5.92 Å². The summed E-state index contributed by atoms with van der Waals surface area (Å²) < 4.78 is 5.39. The molecule has 84 valence electrons. The Labute approximate surface area is 97.2 Å². The molecular formula is C14H17NO. The minimum Gasteiger partial charge on any atom is -0.496 e. The second kappa shape index (κ2) is 5.37. The van der Waals surface area contributed by atoms with E-state index in [1.54, 1.807) is 13.2 Å². The highest BCUT2D eigenvalue weighted by molar-refractivity contribution is 5.58. The lowest BCUT2D eigenvalue weighted by molar-refractivity contribution is 0.407. The Morgan fingerprint density at radius 2 is 2.06 bits per heavy atom. The summed E-state index contributed by atoms with van der Waals surface area (Å²) in [5.41, 5.74) is 3.43. The van der Waals surface area contributed by atoms with Crippen molar-refractivity contribution < 1.29 is 4.74 Å². The van der Waals surface area contributed by atoms with Gasteiger partial charge in [0.25, 0.3) is 0 Å². The smallest absolute Gasteiger partial charge is 0.123 e. The van der Waals surface area contributed by atoms with E-state index in [2.05, 4.69) is 26.8 Å². The molecule has 0 spiro atoms. The quantitative estimate of drug-likeness (QED) is 0.721. The normalized spacial score (nSPS) is 10.8. The Bertz CT molecular complexity index is 439. The molecule has 1 aromatic rings. The molecule has 2 nitrogen and oxygen atoms in total. The standard InChI is InChI=1S/C14H17NO/c1-10(2)14-11(3)8-12(6-5-7-15)9-13(14)16-4/h5-6,8-10H,1-4H3/b6-5+. The summed E-state index contributed by atoms with van der Waals surface area (Å²) in [4.78, 5) is 0. The molecule has 0 aliphatic heterocycles. The van der Waals surface area contributed by atoms with Gasteiger partial charge in [-0.25, -0.2) is 0 Å². The van der Waals surface area contributed by atoms with Crippen LogP contribution >= 0.6 is 0 Å². The van der Waals surface area contributed by atoms with Crippen LogP contribution in [0.3, 0.4) is 0 Å². The maximum Gasteiger partial charge on any atom is 0.123 e. The number of hydrogen-bond donors (Lipinski definition) is 0. The van der Waals surface area contributed by atoms with Gasteiger partial charge in [-0.05, 0) is 41.7 Å². The first-order chi connectivity index (χ1) is 7.60. The van der Waals surface area contributed by atoms with Gasteiger partial charge in [0.2, 0.25) is 0 Å². The highest BCUT2D eigenvalue weighted by Gasteiger charge is 2.11. The van der Waals surface area contributed by atoms with Crippen LogP contribution in [0.25, 0.3) is 6.08 Å². The van der Waals surface area contributed by atoms with Crippen molar-refractivity contribution >= 4 is 6.08 Å². The maximum absolute atomic E-state index is 8.50. The van der Waals surface area contributed by atoms with Gasteiger partial charge in [-0.1, -0.05) is 19.9 Å². The Kier molecular flexibility index (Phi) is 4.13. The summed E-state index contributed by atoms with van der Waals surface area (Å²) >= 11 is 0. The molecule has 0 bridgehead atoms. The van der Waals surface area contributed by atoms with E-state index in [9.17, 15) is 0 Å². The van der Waals surface area contributed by atoms with Crippen LogP contribution in [0.5, 0.6) is 5.75 Å². The van der Waals surface area contributed by atoms with Gasteiger partial charge in [-0.15, -0.1) is 0 Å². The van der Waals surface area contributed by atoms with E-state index in [4.69, 9.17) is 10.00 Å². The molecule has 0 fully saturated rings. The van der Waals surface area contributed by atoms with Crippen LogP contribution in [0, 0.1) is 18.3 Å². The lowest BCUT2D eigenvalue weighted by atomic mass is 9.95. The van der Waals surface area contributed by atoms with Gasteiger partial charge < -0.3 is 4.74 Å². The van der Waals surface area contributed by atoms with E-state index in [1.165, 1.54) is 17.2 Å². The topological polar surface area (TPSA) is 33.0 Å². The molecule has 2 heteroatoms. The number of nitrogens with zero attached hydrogens (tertiary/aromatic N) is 1. The van der Waals surface area contributed by atoms with Crippen LogP contribution in [0.2, 0.25) is 0 Å². The molecule has 0 heterocycles. The third kappa shape index (κ3) is 2.64. The average Bonchev–Trinajstić information content (AvgIpc) is 2.24. The second-order valence-electron chi connectivity index (χ2n) is 4.07. The van der Waals surface area contributed by atoms with E-state index in [1.807, 2.05) is 12.1 Å². The van der Waals surface area contributed by atoms with Crippen molar-refractivity contribution in [1.29, 1.82) is 5.26 Å². The summed E-state index contributed by atoms with van der Waals surface area (Å²) in [6, 6.07) is 6.03. The van der Waals surface area contributed by atoms with Crippen molar-refractivity contribution in [3.8, 4) is 11.8 Å². The van der Waals surface area contributed by atoms with E-state index >= 15 is 0 Å². The molecule has 1 rings (SSSR count). The Morgan fingerprint density at radius 3 is 2.56 bits per heavy atom. The molecule has 0 N–H and O–H groups in total. The van der Waals surface area contributed by atoms with E-state index in [-0.39, 0.29) is 0 Å². The molecule has 0 aliphatic carbocycles. The second-order valence-corrected chi connectivity index (χ2v) is 4.07. The summed E-state index contributed by atoms with van der Waals surface area (Å²) in [7, 11) is 1.68. The fourth-order valence-electron chi connectivity index (χ4n) is 1.93. The number of allylic oxidation sites excluding steroid dienone is 1. The molecular weight excluding hydrogens is 198 g/mol. The van der Waals surface area contributed by atoms with Gasteiger partial charge in [0.15, 0.2) is 0 Å². The van der Waals surface area contributed by atoms with E-state index in [0.717, 1.165) is 11.3 Å². The highest BCUT2D eigenvalue weighted by atomic mass is 16.5. The molecule has 0 unspecified atom stereocenters. The summed E-state index contributed by atoms with van der Waals surface area (Å²) in [6.07, 6.45) is 3.27. The molecule has 0 radical (unpaired) electrons. The number of methoxy groups -OCH3 is 1. The van der Waals surface area contributed by atoms with E-state index < -0.39 is 0 Å². The highest BCUT2D eigenvalue weighted by Crippen LogP contribution is 2.31. The maximum atomic E-state index is 8.50. The third-order valence-electron chi connectivity index (χ3n) is 2.52. The first-order valence-corrected chi connectivity index (χ1v) is 5.34. The van der Waals surface area contributed by atoms with Gasteiger partial charge in [0, 0.05) is 6.08 Å². The number of nitriles is 1. The number of hydrogen-bond acceptors (Lipinski definition) is 2. The predicted octanol–water partition coefficient (Wildman–Crippen LogP) is 3.66. The van der Waals surface area contributed by atoms with Gasteiger partial charge in [-0.2, -0.15) is 5.26 Å². The fourth-order valence-corrected chi connectivity index (χ4v) is 1.93. The number of aryl methyl sites for hydroxylation is 1. The first kappa shape index (κ1) is 12.3. The van der Waals surface area contributed by atoms with Crippen molar-refractivity contribution in [2.24, 2.45) is 0 Å². The van der Waals surface area contributed by atoms with Crippen LogP contribution in [-0.2, 0) is 0 Å². The molecule has 0 aliphatic rings. The van der Waals surface area contributed by atoms with Crippen LogP contribution in [-0.4, -0.2) is 7.11 Å². The molecule has 16 heavy (non-hydrogen) atoms. The van der Waals surface area contributed by atoms with Crippen molar-refractivity contribution in [2.45, 2.75) is 26.7 Å². The molecule has 0 saturated heterocycles. The van der Waals surface area contributed by atoms with Crippen LogP contribution in [0.1, 0.15) is 36.5 Å².